The molecule has 3 rings (SSSR count). The maximum atomic E-state index is 14.4. The number of carbonyl (C=O) groups excluding carboxylic acids is 2. The molecule has 4 atom stereocenters. The largest absolute Gasteiger partial charge is 0.547 e. The second-order valence-corrected chi connectivity index (χ2v) is 17.3. The van der Waals surface area contributed by atoms with Gasteiger partial charge in [0.25, 0.3) is 0 Å². The molecule has 1 aliphatic carbocycles. The third-order valence-corrected chi connectivity index (χ3v) is 13.3. The van der Waals surface area contributed by atoms with Crippen molar-refractivity contribution < 1.29 is 18.8 Å². The SMILES string of the molecule is CC#CC1C(C)=C(O[Si](C)(C)C(C)(C)C)CCC12C[C@H](C)[C@@H](C)CN(C(=O)OCc1ccccc1)C2=O. The van der Waals surface area contributed by atoms with Crippen LogP contribution in [0.15, 0.2) is 41.7 Å². The maximum Gasteiger partial charge on any atom is 0.416 e. The predicted octanol–water partition coefficient (Wildman–Crippen LogP) is 7.54. The fourth-order valence-corrected chi connectivity index (χ4v) is 6.51. The molecule has 0 radical (unpaired) electrons. The van der Waals surface area contributed by atoms with Gasteiger partial charge in [-0.3, -0.25) is 4.79 Å². The van der Waals surface area contributed by atoms with Gasteiger partial charge in [-0.25, -0.2) is 9.69 Å². The smallest absolute Gasteiger partial charge is 0.416 e. The first-order chi connectivity index (χ1) is 17.2. The molecule has 5 nitrogen and oxygen atoms in total. The third-order valence-electron chi connectivity index (χ3n) is 8.92. The summed E-state index contributed by atoms with van der Waals surface area (Å²) in [6.45, 7) is 19.9. The van der Waals surface area contributed by atoms with E-state index in [-0.39, 0.29) is 35.3 Å². The number of benzene rings is 1. The van der Waals surface area contributed by atoms with Crippen molar-refractivity contribution in [2.45, 2.75) is 92.5 Å². The first kappa shape index (κ1) is 29.0. The van der Waals surface area contributed by atoms with Crippen LogP contribution in [0.25, 0.3) is 0 Å². The van der Waals surface area contributed by atoms with Gasteiger partial charge >= 0.3 is 6.09 Å². The Morgan fingerprint density at radius 2 is 1.81 bits per heavy atom. The van der Waals surface area contributed by atoms with Crippen molar-refractivity contribution in [2.24, 2.45) is 23.2 Å². The van der Waals surface area contributed by atoms with Crippen molar-refractivity contribution in [1.29, 1.82) is 0 Å². The van der Waals surface area contributed by atoms with E-state index in [2.05, 4.69) is 66.5 Å². The lowest BCUT2D eigenvalue weighted by molar-refractivity contribution is -0.142. The Kier molecular flexibility index (Phi) is 8.69. The van der Waals surface area contributed by atoms with Crippen LogP contribution in [-0.2, 0) is 20.6 Å². The Bertz CT molecular complexity index is 1090. The van der Waals surface area contributed by atoms with E-state index in [0.29, 0.717) is 25.8 Å². The molecular formula is C31H45NO4Si. The summed E-state index contributed by atoms with van der Waals surface area (Å²) in [6.07, 6.45) is 1.42. The molecule has 1 aromatic carbocycles. The van der Waals surface area contributed by atoms with Crippen molar-refractivity contribution in [2.75, 3.05) is 6.54 Å². The summed E-state index contributed by atoms with van der Waals surface area (Å²) < 4.78 is 12.4. The lowest BCUT2D eigenvalue weighted by Gasteiger charge is -2.45. The first-order valence-corrected chi connectivity index (χ1v) is 16.5. The Morgan fingerprint density at radius 3 is 2.41 bits per heavy atom. The third kappa shape index (κ3) is 5.98. The molecule has 1 spiro atoms. The zero-order chi connectivity index (χ0) is 27.6. The number of ether oxygens (including phenoxy) is 1. The number of allylic oxidation sites excluding steroid dienone is 2. The topological polar surface area (TPSA) is 55.8 Å². The number of hydrogen-bond acceptors (Lipinski definition) is 4. The number of amides is 2. The predicted molar refractivity (Wildman–Crippen MR) is 151 cm³/mol. The highest BCUT2D eigenvalue weighted by Gasteiger charge is 2.55. The van der Waals surface area contributed by atoms with Gasteiger partial charge in [0.2, 0.25) is 14.2 Å². The van der Waals surface area contributed by atoms with Gasteiger partial charge in [0, 0.05) is 13.0 Å². The van der Waals surface area contributed by atoms with Gasteiger partial charge in [0.15, 0.2) is 0 Å². The molecule has 1 heterocycles. The monoisotopic (exact) mass is 523 g/mol. The number of rotatable bonds is 4. The van der Waals surface area contributed by atoms with Crippen molar-refractivity contribution in [3.05, 3.63) is 47.2 Å². The van der Waals surface area contributed by atoms with E-state index in [1.807, 2.05) is 37.3 Å². The van der Waals surface area contributed by atoms with Crippen LogP contribution in [0.3, 0.4) is 0 Å². The molecule has 2 unspecified atom stereocenters. The van der Waals surface area contributed by atoms with E-state index >= 15 is 0 Å². The summed E-state index contributed by atoms with van der Waals surface area (Å²) >= 11 is 0. The lowest BCUT2D eigenvalue weighted by atomic mass is 9.61. The summed E-state index contributed by atoms with van der Waals surface area (Å²) in [6, 6.07) is 9.57. The van der Waals surface area contributed by atoms with Crippen LogP contribution in [0, 0.1) is 35.0 Å². The van der Waals surface area contributed by atoms with Crippen molar-refractivity contribution in [3.8, 4) is 11.8 Å². The fourth-order valence-electron chi connectivity index (χ4n) is 5.32. The molecule has 0 N–H and O–H groups in total. The lowest BCUT2D eigenvalue weighted by Crippen LogP contribution is -2.51. The molecule has 2 amide bonds. The highest BCUT2D eigenvalue weighted by atomic mass is 28.4. The van der Waals surface area contributed by atoms with Gasteiger partial charge in [-0.05, 0) is 67.8 Å². The van der Waals surface area contributed by atoms with Crippen LogP contribution in [0.5, 0.6) is 0 Å². The standard InChI is InChI=1S/C31H45NO4Si/c1-10-14-26-24(4)27(36-37(8,9)30(5,6)7)17-18-31(26)19-22(2)23(3)20-32(28(31)33)29(34)35-21-25-15-12-11-13-16-25/h11-13,15-16,22-23,26H,17-21H2,1-9H3/t22-,23-,26?,31?/m0/s1. The molecule has 37 heavy (non-hydrogen) atoms. The second-order valence-electron chi connectivity index (χ2n) is 12.6. The number of carbonyl (C=O) groups is 2. The average molecular weight is 524 g/mol. The molecule has 0 aromatic heterocycles. The molecule has 0 bridgehead atoms. The van der Waals surface area contributed by atoms with Crippen molar-refractivity contribution >= 4 is 20.3 Å². The Balaban J connectivity index is 1.98. The van der Waals surface area contributed by atoms with E-state index < -0.39 is 19.8 Å². The van der Waals surface area contributed by atoms with Crippen LogP contribution in [0.2, 0.25) is 18.1 Å². The minimum atomic E-state index is -2.05. The van der Waals surface area contributed by atoms with Crippen LogP contribution >= 0.6 is 0 Å². The van der Waals surface area contributed by atoms with E-state index in [9.17, 15) is 9.59 Å². The van der Waals surface area contributed by atoms with Crippen LogP contribution in [0.4, 0.5) is 4.79 Å². The molecule has 6 heteroatoms. The van der Waals surface area contributed by atoms with Crippen LogP contribution in [-0.4, -0.2) is 31.8 Å². The minimum absolute atomic E-state index is 0.0722. The van der Waals surface area contributed by atoms with Crippen LogP contribution < -0.4 is 0 Å². The Labute approximate surface area is 225 Å². The van der Waals surface area contributed by atoms with Gasteiger partial charge < -0.3 is 9.16 Å². The highest BCUT2D eigenvalue weighted by molar-refractivity contribution is 6.74. The fraction of sp³-hybridized carbons (Fsp3) is 0.613. The quantitative estimate of drug-likeness (QED) is 0.302. The van der Waals surface area contributed by atoms with Crippen molar-refractivity contribution in [1.82, 2.24) is 4.90 Å². The van der Waals surface area contributed by atoms with E-state index in [0.717, 1.165) is 16.9 Å². The molecule has 1 aromatic rings. The first-order valence-electron chi connectivity index (χ1n) is 13.6. The maximum absolute atomic E-state index is 14.4. The van der Waals surface area contributed by atoms with Crippen LogP contribution in [0.1, 0.15) is 73.3 Å². The summed E-state index contributed by atoms with van der Waals surface area (Å²) in [4.78, 5) is 29.1. The molecule has 2 aliphatic rings. The normalized spacial score (nSPS) is 26.9. The molecule has 1 saturated heterocycles. The molecule has 1 fully saturated rings. The van der Waals surface area contributed by atoms with Gasteiger partial charge in [-0.1, -0.05) is 70.9 Å². The number of likely N-dealkylation sites (tertiary alicyclic amines) is 1. The number of nitrogens with zero attached hydrogens (tertiary/aromatic N) is 1. The molecular weight excluding hydrogens is 478 g/mol. The highest BCUT2D eigenvalue weighted by Crippen LogP contribution is 2.53. The number of imide groups is 1. The summed E-state index contributed by atoms with van der Waals surface area (Å²) in [7, 11) is -2.05. The van der Waals surface area contributed by atoms with Gasteiger partial charge in [-0.2, -0.15) is 0 Å². The molecule has 1 aliphatic heterocycles. The van der Waals surface area contributed by atoms with Gasteiger partial charge in [0.1, 0.15) is 6.61 Å². The molecule has 202 valence electrons. The zero-order valence-corrected chi connectivity index (χ0v) is 25.2. The van der Waals surface area contributed by atoms with Crippen molar-refractivity contribution in [3.63, 3.8) is 0 Å². The minimum Gasteiger partial charge on any atom is -0.547 e. The van der Waals surface area contributed by atoms with E-state index in [1.165, 1.54) is 4.90 Å². The second kappa shape index (κ2) is 11.1. The van der Waals surface area contributed by atoms with E-state index in [1.54, 1.807) is 0 Å². The summed E-state index contributed by atoms with van der Waals surface area (Å²) in [5, 5.41) is 0.0722. The zero-order valence-electron chi connectivity index (χ0n) is 24.2. The van der Waals surface area contributed by atoms with Gasteiger partial charge in [0.05, 0.1) is 17.1 Å². The molecule has 0 saturated carbocycles. The summed E-state index contributed by atoms with van der Waals surface area (Å²) in [5.41, 5.74) is 1.16. The van der Waals surface area contributed by atoms with Gasteiger partial charge in [-0.15, -0.1) is 5.92 Å². The Hall–Kier alpha value is -2.52. The Morgan fingerprint density at radius 1 is 1.16 bits per heavy atom. The van der Waals surface area contributed by atoms with E-state index in [4.69, 9.17) is 9.16 Å². The summed E-state index contributed by atoms with van der Waals surface area (Å²) in [5.74, 6) is 7.44. The average Bonchev–Trinajstić information content (AvgIpc) is 2.92. The number of hydrogen-bond donors (Lipinski definition) is 0.